The lowest BCUT2D eigenvalue weighted by molar-refractivity contribution is 0.0203. The molecule has 0 radical (unpaired) electrons. The molecule has 0 saturated carbocycles. The Labute approximate surface area is 74.9 Å². The van der Waals surface area contributed by atoms with Gasteiger partial charge in [-0.05, 0) is 19.8 Å². The van der Waals surface area contributed by atoms with Crippen molar-refractivity contribution in [2.75, 3.05) is 13.2 Å². The topological polar surface area (TPSA) is 55.5 Å². The van der Waals surface area contributed by atoms with Gasteiger partial charge in [0.05, 0.1) is 19.3 Å². The van der Waals surface area contributed by atoms with E-state index in [1.165, 1.54) is 0 Å². The van der Waals surface area contributed by atoms with Crippen molar-refractivity contribution in [2.45, 2.75) is 45.3 Å². The van der Waals surface area contributed by atoms with Crippen molar-refractivity contribution in [3.05, 3.63) is 0 Å². The van der Waals surface area contributed by atoms with Crippen LogP contribution in [0.1, 0.15) is 33.6 Å². The number of hydrogen-bond acceptors (Lipinski definition) is 3. The summed E-state index contributed by atoms with van der Waals surface area (Å²) < 4.78 is 5.27. The molecule has 0 rings (SSSR count). The van der Waals surface area contributed by atoms with Crippen molar-refractivity contribution in [2.24, 2.45) is 5.73 Å². The van der Waals surface area contributed by atoms with Gasteiger partial charge in [0.1, 0.15) is 0 Å². The Morgan fingerprint density at radius 2 is 1.92 bits per heavy atom. The van der Waals surface area contributed by atoms with Gasteiger partial charge >= 0.3 is 0 Å². The molecule has 0 bridgehead atoms. The molecule has 0 aliphatic heterocycles. The smallest absolute Gasteiger partial charge is 0.0745 e. The summed E-state index contributed by atoms with van der Waals surface area (Å²) in [5, 5.41) is 8.93. The molecule has 0 fully saturated rings. The van der Waals surface area contributed by atoms with Crippen LogP contribution >= 0.6 is 0 Å². The van der Waals surface area contributed by atoms with Gasteiger partial charge in [-0.1, -0.05) is 13.8 Å². The molecule has 0 aromatic rings. The Morgan fingerprint density at radius 1 is 1.42 bits per heavy atom. The zero-order valence-corrected chi connectivity index (χ0v) is 8.34. The summed E-state index contributed by atoms with van der Waals surface area (Å²) in [7, 11) is 0. The fourth-order valence-corrected chi connectivity index (χ4v) is 0.887. The Hall–Kier alpha value is -0.120. The minimum Gasteiger partial charge on any atom is -0.391 e. The molecule has 0 aromatic heterocycles. The SMILES string of the molecule is CCC(N)(CC)COCC(C)O. The van der Waals surface area contributed by atoms with E-state index in [9.17, 15) is 0 Å². The summed E-state index contributed by atoms with van der Waals surface area (Å²) in [6, 6.07) is 0. The van der Waals surface area contributed by atoms with E-state index in [-0.39, 0.29) is 5.54 Å². The molecule has 0 amide bonds. The van der Waals surface area contributed by atoms with Crippen LogP contribution in [0.5, 0.6) is 0 Å². The van der Waals surface area contributed by atoms with Crippen LogP contribution in [0.15, 0.2) is 0 Å². The Morgan fingerprint density at radius 3 is 2.25 bits per heavy atom. The average molecular weight is 175 g/mol. The highest BCUT2D eigenvalue weighted by atomic mass is 16.5. The molecule has 3 heteroatoms. The van der Waals surface area contributed by atoms with Crippen LogP contribution in [0.25, 0.3) is 0 Å². The maximum Gasteiger partial charge on any atom is 0.0745 e. The third kappa shape index (κ3) is 4.70. The summed E-state index contributed by atoms with van der Waals surface area (Å²) in [5.41, 5.74) is 5.76. The predicted octanol–water partition coefficient (Wildman–Crippen LogP) is 0.901. The van der Waals surface area contributed by atoms with E-state index in [0.29, 0.717) is 13.2 Å². The number of aliphatic hydroxyl groups is 1. The minimum absolute atomic E-state index is 0.213. The van der Waals surface area contributed by atoms with E-state index < -0.39 is 6.10 Å². The van der Waals surface area contributed by atoms with Crippen molar-refractivity contribution < 1.29 is 9.84 Å². The van der Waals surface area contributed by atoms with Crippen LogP contribution in [-0.4, -0.2) is 30.0 Å². The molecule has 3 nitrogen and oxygen atoms in total. The summed E-state index contributed by atoms with van der Waals surface area (Å²) in [6.07, 6.45) is 1.41. The Bertz CT molecular complexity index is 111. The van der Waals surface area contributed by atoms with Crippen LogP contribution in [0.3, 0.4) is 0 Å². The maximum absolute atomic E-state index is 8.93. The van der Waals surface area contributed by atoms with E-state index in [2.05, 4.69) is 13.8 Å². The molecular weight excluding hydrogens is 154 g/mol. The van der Waals surface area contributed by atoms with Gasteiger partial charge in [0.2, 0.25) is 0 Å². The van der Waals surface area contributed by atoms with E-state index >= 15 is 0 Å². The number of aliphatic hydroxyl groups excluding tert-OH is 1. The van der Waals surface area contributed by atoms with Crippen LogP contribution in [0, 0.1) is 0 Å². The second-order valence-electron chi connectivity index (χ2n) is 3.43. The molecule has 1 atom stereocenters. The van der Waals surface area contributed by atoms with Crippen LogP contribution in [-0.2, 0) is 4.74 Å². The summed E-state index contributed by atoms with van der Waals surface area (Å²) in [6.45, 7) is 6.71. The van der Waals surface area contributed by atoms with E-state index in [1.54, 1.807) is 6.92 Å². The molecule has 0 spiro atoms. The van der Waals surface area contributed by atoms with E-state index in [0.717, 1.165) is 12.8 Å². The third-order valence-corrected chi connectivity index (χ3v) is 2.16. The molecular formula is C9H21NO2. The number of ether oxygens (including phenoxy) is 1. The standard InChI is InChI=1S/C9H21NO2/c1-4-9(10,5-2)7-12-6-8(3)11/h8,11H,4-7,10H2,1-3H3. The van der Waals surface area contributed by atoms with Crippen molar-refractivity contribution in [1.29, 1.82) is 0 Å². The molecule has 0 aliphatic carbocycles. The summed E-state index contributed by atoms with van der Waals surface area (Å²) >= 11 is 0. The van der Waals surface area contributed by atoms with Gasteiger partial charge in [0, 0.05) is 5.54 Å². The van der Waals surface area contributed by atoms with Gasteiger partial charge in [0.25, 0.3) is 0 Å². The first-order valence-electron chi connectivity index (χ1n) is 4.58. The highest BCUT2D eigenvalue weighted by Gasteiger charge is 2.20. The fourth-order valence-electron chi connectivity index (χ4n) is 0.887. The first-order valence-corrected chi connectivity index (χ1v) is 4.58. The average Bonchev–Trinajstić information content (AvgIpc) is 2.03. The van der Waals surface area contributed by atoms with Gasteiger partial charge in [0.15, 0.2) is 0 Å². The maximum atomic E-state index is 8.93. The van der Waals surface area contributed by atoms with Crippen LogP contribution in [0.4, 0.5) is 0 Å². The summed E-state index contributed by atoms with van der Waals surface area (Å²) in [4.78, 5) is 0. The fraction of sp³-hybridized carbons (Fsp3) is 1.00. The number of rotatable bonds is 6. The molecule has 0 heterocycles. The first-order chi connectivity index (χ1) is 5.54. The van der Waals surface area contributed by atoms with Gasteiger partial charge in [-0.15, -0.1) is 0 Å². The molecule has 0 aliphatic rings. The van der Waals surface area contributed by atoms with Crippen molar-refractivity contribution in [1.82, 2.24) is 0 Å². The van der Waals surface area contributed by atoms with Gasteiger partial charge in [-0.3, -0.25) is 0 Å². The van der Waals surface area contributed by atoms with Gasteiger partial charge < -0.3 is 15.6 Å². The zero-order chi connectivity index (χ0) is 9.61. The van der Waals surface area contributed by atoms with Crippen LogP contribution in [0.2, 0.25) is 0 Å². The van der Waals surface area contributed by atoms with Gasteiger partial charge in [-0.25, -0.2) is 0 Å². The molecule has 74 valence electrons. The number of nitrogens with two attached hydrogens (primary N) is 1. The Balaban J connectivity index is 3.58. The minimum atomic E-state index is -0.400. The highest BCUT2D eigenvalue weighted by molar-refractivity contribution is 4.80. The van der Waals surface area contributed by atoms with Crippen molar-refractivity contribution in [3.8, 4) is 0 Å². The molecule has 3 N–H and O–H groups in total. The molecule has 1 unspecified atom stereocenters. The van der Waals surface area contributed by atoms with Crippen molar-refractivity contribution in [3.63, 3.8) is 0 Å². The summed E-state index contributed by atoms with van der Waals surface area (Å²) in [5.74, 6) is 0. The third-order valence-electron chi connectivity index (χ3n) is 2.16. The normalized spacial score (nSPS) is 14.8. The zero-order valence-electron chi connectivity index (χ0n) is 8.34. The first kappa shape index (κ1) is 11.9. The largest absolute Gasteiger partial charge is 0.391 e. The number of hydrogen-bond donors (Lipinski definition) is 2. The second-order valence-corrected chi connectivity index (χ2v) is 3.43. The quantitative estimate of drug-likeness (QED) is 0.630. The second kappa shape index (κ2) is 5.51. The lowest BCUT2D eigenvalue weighted by Gasteiger charge is -2.26. The van der Waals surface area contributed by atoms with Gasteiger partial charge in [-0.2, -0.15) is 0 Å². The lowest BCUT2D eigenvalue weighted by atomic mass is 9.96. The highest BCUT2D eigenvalue weighted by Crippen LogP contribution is 2.11. The lowest BCUT2D eigenvalue weighted by Crippen LogP contribution is -2.43. The monoisotopic (exact) mass is 175 g/mol. The predicted molar refractivity (Wildman–Crippen MR) is 50.0 cm³/mol. The Kier molecular flexibility index (Phi) is 5.46. The molecule has 0 aromatic carbocycles. The molecule has 0 saturated heterocycles. The molecule has 12 heavy (non-hydrogen) atoms. The van der Waals surface area contributed by atoms with Crippen LogP contribution < -0.4 is 5.73 Å². The van der Waals surface area contributed by atoms with Crippen molar-refractivity contribution >= 4 is 0 Å². The van der Waals surface area contributed by atoms with E-state index in [1.807, 2.05) is 0 Å². The van der Waals surface area contributed by atoms with E-state index in [4.69, 9.17) is 15.6 Å².